The van der Waals surface area contributed by atoms with Crippen LogP contribution in [0.2, 0.25) is 0 Å². The highest BCUT2D eigenvalue weighted by atomic mass is 32.2. The van der Waals surface area contributed by atoms with E-state index >= 15 is 0 Å². The van der Waals surface area contributed by atoms with Crippen LogP contribution in [0.3, 0.4) is 0 Å². The number of carbonyl (C=O) groups is 4. The van der Waals surface area contributed by atoms with E-state index < -0.39 is 17.1 Å². The molecule has 3 rings (SSSR count). The van der Waals surface area contributed by atoms with Crippen molar-refractivity contribution >= 4 is 46.5 Å². The summed E-state index contributed by atoms with van der Waals surface area (Å²) in [5.74, 6) is -1.10. The summed E-state index contributed by atoms with van der Waals surface area (Å²) in [7, 11) is 2.64. The van der Waals surface area contributed by atoms with Gasteiger partial charge < -0.3 is 25.4 Å². The second-order valence-corrected chi connectivity index (χ2v) is 10.3. The number of hydrogen-bond donors (Lipinski definition) is 2. The van der Waals surface area contributed by atoms with E-state index in [4.69, 9.17) is 5.73 Å². The van der Waals surface area contributed by atoms with E-state index in [0.29, 0.717) is 41.6 Å². The first kappa shape index (κ1) is 31.3. The first-order chi connectivity index (χ1) is 19.7. The van der Waals surface area contributed by atoms with Crippen molar-refractivity contribution in [1.82, 2.24) is 10.2 Å². The number of hydrogen-bond acceptors (Lipinski definition) is 8. The SMILES string of the molecule is COC(=O)CCCN=C(N)c1ccc(C(=O)N=C2SC(C(=O)NCCC(=O)OC)C(C)N2Cc2ccccc2)cc1. The minimum Gasteiger partial charge on any atom is -0.469 e. The Labute approximate surface area is 243 Å². The molecule has 0 aromatic heterocycles. The number of esters is 2. The number of benzene rings is 2. The predicted molar refractivity (Wildman–Crippen MR) is 158 cm³/mol. The van der Waals surface area contributed by atoms with Crippen molar-refractivity contribution in [2.24, 2.45) is 15.7 Å². The second kappa shape index (κ2) is 15.6. The number of nitrogens with one attached hydrogen (secondary N) is 1. The van der Waals surface area contributed by atoms with Crippen molar-refractivity contribution in [3.63, 3.8) is 0 Å². The second-order valence-electron chi connectivity index (χ2n) is 9.23. The molecule has 11 nitrogen and oxygen atoms in total. The largest absolute Gasteiger partial charge is 0.469 e. The van der Waals surface area contributed by atoms with Crippen LogP contribution in [0.4, 0.5) is 0 Å². The van der Waals surface area contributed by atoms with Crippen LogP contribution >= 0.6 is 11.8 Å². The third-order valence-corrected chi connectivity index (χ3v) is 7.79. The third-order valence-electron chi connectivity index (χ3n) is 6.39. The molecule has 2 aromatic rings. The highest BCUT2D eigenvalue weighted by molar-refractivity contribution is 8.15. The van der Waals surface area contributed by atoms with Crippen LogP contribution in [-0.2, 0) is 30.4 Å². The van der Waals surface area contributed by atoms with Crippen LogP contribution in [0.5, 0.6) is 0 Å². The minimum absolute atomic E-state index is 0.0693. The number of thioether (sulfide) groups is 1. The van der Waals surface area contributed by atoms with Crippen molar-refractivity contribution in [2.45, 2.75) is 44.0 Å². The number of amidine groups is 2. The Morgan fingerprint density at radius 1 is 0.951 bits per heavy atom. The summed E-state index contributed by atoms with van der Waals surface area (Å²) in [6, 6.07) is 16.1. The van der Waals surface area contributed by atoms with E-state index in [9.17, 15) is 19.2 Å². The average molecular weight is 582 g/mol. The maximum Gasteiger partial charge on any atom is 0.307 e. The fraction of sp³-hybridized carbons (Fsp3) is 0.379. The van der Waals surface area contributed by atoms with E-state index in [1.54, 1.807) is 24.3 Å². The first-order valence-electron chi connectivity index (χ1n) is 13.2. The Hall–Kier alpha value is -4.19. The van der Waals surface area contributed by atoms with Gasteiger partial charge >= 0.3 is 11.9 Å². The Morgan fingerprint density at radius 2 is 1.59 bits per heavy atom. The van der Waals surface area contributed by atoms with E-state index in [-0.39, 0.29) is 37.3 Å². The Balaban J connectivity index is 1.73. The zero-order valence-corrected chi connectivity index (χ0v) is 24.2. The fourth-order valence-corrected chi connectivity index (χ4v) is 5.28. The molecule has 2 amide bonds. The number of nitrogens with two attached hydrogens (primary N) is 1. The van der Waals surface area contributed by atoms with Crippen LogP contribution in [0.1, 0.15) is 47.7 Å². The van der Waals surface area contributed by atoms with Crippen LogP contribution in [0, 0.1) is 0 Å². The van der Waals surface area contributed by atoms with Crippen LogP contribution in [0.25, 0.3) is 0 Å². The van der Waals surface area contributed by atoms with Gasteiger partial charge in [0.05, 0.1) is 20.6 Å². The minimum atomic E-state index is -0.527. The molecular weight excluding hydrogens is 546 g/mol. The predicted octanol–water partition coefficient (Wildman–Crippen LogP) is 2.53. The Kier molecular flexibility index (Phi) is 11.9. The van der Waals surface area contributed by atoms with Gasteiger partial charge in [0.25, 0.3) is 5.91 Å². The first-order valence-corrected chi connectivity index (χ1v) is 14.0. The van der Waals surface area contributed by atoms with Crippen molar-refractivity contribution in [3.05, 3.63) is 71.3 Å². The molecule has 1 aliphatic heterocycles. The van der Waals surface area contributed by atoms with Gasteiger partial charge in [0.15, 0.2) is 5.17 Å². The van der Waals surface area contributed by atoms with Crippen LogP contribution in [-0.4, -0.2) is 78.3 Å². The normalized spacial score (nSPS) is 17.8. The number of amides is 2. The van der Waals surface area contributed by atoms with Crippen molar-refractivity contribution in [1.29, 1.82) is 0 Å². The summed E-state index contributed by atoms with van der Waals surface area (Å²) in [4.78, 5) is 59.4. The summed E-state index contributed by atoms with van der Waals surface area (Å²) in [5.41, 5.74) is 8.08. The number of ether oxygens (including phenoxy) is 2. The number of methoxy groups -OCH3 is 2. The monoisotopic (exact) mass is 581 g/mol. The molecule has 2 atom stereocenters. The molecule has 0 spiro atoms. The maximum absolute atomic E-state index is 13.2. The van der Waals surface area contributed by atoms with Gasteiger partial charge in [-0.05, 0) is 31.0 Å². The standard InChI is InChI=1S/C29H35N5O6S/c1-19-25(28(38)32-17-15-24(36)40-3)41-29(34(19)18-20-8-5-4-6-9-20)33-27(37)22-13-11-21(12-14-22)26(30)31-16-7-10-23(35)39-2/h4-6,8-9,11-14,19,25H,7,10,15-18H2,1-3H3,(H2,30,31)(H,32,38). The van der Waals surface area contributed by atoms with Crippen molar-refractivity contribution in [3.8, 4) is 0 Å². The Bertz CT molecular complexity index is 1280. The third kappa shape index (κ3) is 9.17. The quantitative estimate of drug-likeness (QED) is 0.167. The topological polar surface area (TPSA) is 153 Å². The number of rotatable bonds is 12. The average Bonchev–Trinajstić information content (AvgIpc) is 3.29. The lowest BCUT2D eigenvalue weighted by Gasteiger charge is -2.25. The van der Waals surface area contributed by atoms with Crippen molar-refractivity contribution in [2.75, 3.05) is 27.3 Å². The van der Waals surface area contributed by atoms with Crippen molar-refractivity contribution < 1.29 is 28.7 Å². The molecule has 218 valence electrons. The van der Waals surface area contributed by atoms with Crippen LogP contribution < -0.4 is 11.1 Å². The molecule has 0 radical (unpaired) electrons. The lowest BCUT2D eigenvalue weighted by molar-refractivity contribution is -0.141. The van der Waals surface area contributed by atoms with Gasteiger partial charge in [0.1, 0.15) is 11.1 Å². The summed E-state index contributed by atoms with van der Waals surface area (Å²) in [6.07, 6.45) is 0.843. The summed E-state index contributed by atoms with van der Waals surface area (Å²) in [5, 5.41) is 2.69. The van der Waals surface area contributed by atoms with E-state index in [1.807, 2.05) is 42.2 Å². The van der Waals surface area contributed by atoms with E-state index in [2.05, 4.69) is 24.8 Å². The Morgan fingerprint density at radius 3 is 2.24 bits per heavy atom. The number of nitrogens with zero attached hydrogens (tertiary/aromatic N) is 3. The van der Waals surface area contributed by atoms with Gasteiger partial charge in [-0.15, -0.1) is 0 Å². The van der Waals surface area contributed by atoms with E-state index in [1.165, 1.54) is 26.0 Å². The molecule has 12 heteroatoms. The molecule has 1 aliphatic rings. The van der Waals surface area contributed by atoms with Gasteiger partial charge in [-0.1, -0.05) is 54.2 Å². The molecule has 3 N–H and O–H groups in total. The molecular formula is C29H35N5O6S. The lowest BCUT2D eigenvalue weighted by Crippen LogP contribution is -2.42. The molecule has 0 saturated carbocycles. The van der Waals surface area contributed by atoms with Gasteiger partial charge in [-0.3, -0.25) is 24.2 Å². The zero-order valence-electron chi connectivity index (χ0n) is 23.4. The maximum atomic E-state index is 13.2. The number of aliphatic imine (C=N–C) groups is 2. The summed E-state index contributed by atoms with van der Waals surface area (Å²) in [6.45, 7) is 2.91. The highest BCUT2D eigenvalue weighted by Gasteiger charge is 2.41. The lowest BCUT2D eigenvalue weighted by atomic mass is 10.1. The van der Waals surface area contributed by atoms with Crippen LogP contribution in [0.15, 0.2) is 64.6 Å². The molecule has 0 bridgehead atoms. The van der Waals surface area contributed by atoms with Gasteiger partial charge in [-0.2, -0.15) is 4.99 Å². The summed E-state index contributed by atoms with van der Waals surface area (Å²) < 4.78 is 9.24. The van der Waals surface area contributed by atoms with Gasteiger partial charge in [-0.25, -0.2) is 0 Å². The smallest absolute Gasteiger partial charge is 0.307 e. The fourth-order valence-electron chi connectivity index (χ4n) is 4.01. The molecule has 1 fully saturated rings. The molecule has 2 aromatic carbocycles. The molecule has 0 aliphatic carbocycles. The summed E-state index contributed by atoms with van der Waals surface area (Å²) >= 11 is 1.22. The molecule has 41 heavy (non-hydrogen) atoms. The zero-order chi connectivity index (χ0) is 29.8. The molecule has 1 saturated heterocycles. The molecule has 1 heterocycles. The number of carbonyl (C=O) groups excluding carboxylic acids is 4. The van der Waals surface area contributed by atoms with Gasteiger partial charge in [0, 0.05) is 43.2 Å². The molecule has 2 unspecified atom stereocenters. The highest BCUT2D eigenvalue weighted by Crippen LogP contribution is 2.33. The van der Waals surface area contributed by atoms with E-state index in [0.717, 1.165) is 5.56 Å². The van der Waals surface area contributed by atoms with Gasteiger partial charge in [0.2, 0.25) is 5.91 Å².